The van der Waals surface area contributed by atoms with Gasteiger partial charge >= 0.3 is 6.09 Å². The molecule has 0 unspecified atom stereocenters. The number of alkyl carbamates (subject to hydrolysis) is 1. The Kier molecular flexibility index (Phi) is 6.66. The van der Waals surface area contributed by atoms with Crippen LogP contribution in [0, 0.1) is 24.1 Å². The van der Waals surface area contributed by atoms with Gasteiger partial charge in [-0.05, 0) is 71.4 Å². The zero-order valence-electron chi connectivity index (χ0n) is 21.1. The number of benzene rings is 1. The van der Waals surface area contributed by atoms with E-state index in [9.17, 15) is 14.7 Å². The maximum atomic E-state index is 15.6. The Bertz CT molecular complexity index is 1230. The van der Waals surface area contributed by atoms with Crippen molar-refractivity contribution in [3.05, 3.63) is 39.4 Å². The Labute approximate surface area is 204 Å². The number of halogens is 1. The molecule has 0 spiro atoms. The predicted molar refractivity (Wildman–Crippen MR) is 134 cm³/mol. The quantitative estimate of drug-likeness (QED) is 0.537. The number of aromatic nitrogens is 1. The van der Waals surface area contributed by atoms with Crippen LogP contribution in [0.2, 0.25) is 0 Å². The first-order valence-corrected chi connectivity index (χ1v) is 12.2. The largest absolute Gasteiger partial charge is 0.444 e. The van der Waals surface area contributed by atoms with Gasteiger partial charge in [-0.15, -0.1) is 0 Å². The number of nitrogens with one attached hydrogen (secondary N) is 2. The lowest BCUT2D eigenvalue weighted by Gasteiger charge is -2.27. The number of amides is 1. The lowest BCUT2D eigenvalue weighted by atomic mass is 9.99. The fraction of sp³-hybridized carbons (Fsp3) is 0.577. The summed E-state index contributed by atoms with van der Waals surface area (Å²) in [5.74, 6) is -0.312. The molecule has 0 radical (unpaired) electrons. The molecule has 35 heavy (non-hydrogen) atoms. The van der Waals surface area contributed by atoms with Gasteiger partial charge in [0, 0.05) is 42.2 Å². The van der Waals surface area contributed by atoms with Crippen LogP contribution in [-0.4, -0.2) is 52.8 Å². The van der Waals surface area contributed by atoms with Crippen LogP contribution in [0.5, 0.6) is 0 Å². The van der Waals surface area contributed by atoms with Crippen molar-refractivity contribution >= 4 is 28.4 Å². The van der Waals surface area contributed by atoms with E-state index < -0.39 is 24.1 Å². The molecule has 1 saturated carbocycles. The smallest absolute Gasteiger partial charge is 0.407 e. The molecule has 8 nitrogen and oxygen atoms in total. The predicted octanol–water partition coefficient (Wildman–Crippen LogP) is 3.88. The first kappa shape index (κ1) is 25.2. The molecule has 2 aromatic rings. The molecule has 2 fully saturated rings. The fourth-order valence-corrected chi connectivity index (χ4v) is 5.08. The van der Waals surface area contributed by atoms with Crippen LogP contribution in [0.15, 0.2) is 16.9 Å². The lowest BCUT2D eigenvalue weighted by Crippen LogP contribution is -2.42. The second-order valence-corrected chi connectivity index (χ2v) is 10.8. The SMILES string of the molecule is Cc1c(N2CC[C@@H]([C@H](C)NC(=O)OC(C)(C)C)C2)c(F)cc2c(C(=N)CO)cc(=O)n(C3CC3)c12. The summed E-state index contributed by atoms with van der Waals surface area (Å²) in [6.07, 6.45) is 2.08. The third kappa shape index (κ3) is 5.05. The van der Waals surface area contributed by atoms with Crippen molar-refractivity contribution in [2.24, 2.45) is 5.92 Å². The number of aliphatic hydroxyl groups is 1. The van der Waals surface area contributed by atoms with Crippen LogP contribution >= 0.6 is 0 Å². The Balaban J connectivity index is 1.68. The van der Waals surface area contributed by atoms with E-state index >= 15 is 4.39 Å². The van der Waals surface area contributed by atoms with Crippen LogP contribution in [0.25, 0.3) is 10.9 Å². The molecule has 2 atom stereocenters. The van der Waals surface area contributed by atoms with Crippen molar-refractivity contribution in [2.45, 2.75) is 71.6 Å². The van der Waals surface area contributed by atoms with Gasteiger partial charge < -0.3 is 30.0 Å². The topological polar surface area (TPSA) is 108 Å². The van der Waals surface area contributed by atoms with Crippen LogP contribution in [0.4, 0.5) is 14.9 Å². The molecule has 0 bridgehead atoms. The molecule has 1 aromatic carbocycles. The zero-order chi connectivity index (χ0) is 25.7. The third-order valence-electron chi connectivity index (χ3n) is 6.89. The number of carbonyl (C=O) groups excluding carboxylic acids is 1. The average Bonchev–Trinajstić information content (AvgIpc) is 3.47. The molecular weight excluding hydrogens is 451 g/mol. The van der Waals surface area contributed by atoms with E-state index in [1.807, 2.05) is 39.5 Å². The Morgan fingerprint density at radius 1 is 1.31 bits per heavy atom. The lowest BCUT2D eigenvalue weighted by molar-refractivity contribution is 0.0494. The molecule has 9 heteroatoms. The van der Waals surface area contributed by atoms with Crippen molar-refractivity contribution < 1.29 is 19.0 Å². The minimum Gasteiger partial charge on any atom is -0.444 e. The van der Waals surface area contributed by atoms with E-state index in [0.29, 0.717) is 35.2 Å². The Morgan fingerprint density at radius 3 is 2.60 bits per heavy atom. The van der Waals surface area contributed by atoms with Crippen molar-refractivity contribution in [1.29, 1.82) is 5.41 Å². The van der Waals surface area contributed by atoms with Crippen LogP contribution in [0.1, 0.15) is 64.1 Å². The van der Waals surface area contributed by atoms with Crippen LogP contribution in [0.3, 0.4) is 0 Å². The number of nitrogens with zero attached hydrogens (tertiary/aromatic N) is 2. The average molecular weight is 487 g/mol. The molecule has 2 heterocycles. The number of fused-ring (bicyclic) bond motifs is 1. The first-order valence-electron chi connectivity index (χ1n) is 12.2. The van der Waals surface area contributed by atoms with Gasteiger partial charge in [0.1, 0.15) is 11.4 Å². The van der Waals surface area contributed by atoms with Crippen molar-refractivity contribution in [1.82, 2.24) is 9.88 Å². The number of pyridine rings is 1. The van der Waals surface area contributed by atoms with E-state index in [-0.39, 0.29) is 34.8 Å². The van der Waals surface area contributed by atoms with Crippen molar-refractivity contribution in [3.8, 4) is 0 Å². The molecule has 1 amide bonds. The van der Waals surface area contributed by atoms with Gasteiger partial charge in [0.25, 0.3) is 5.56 Å². The molecular formula is C26H35FN4O4. The number of anilines is 1. The second-order valence-electron chi connectivity index (χ2n) is 10.8. The maximum Gasteiger partial charge on any atom is 0.407 e. The zero-order valence-corrected chi connectivity index (χ0v) is 21.1. The highest BCUT2D eigenvalue weighted by atomic mass is 19.1. The van der Waals surface area contributed by atoms with E-state index in [0.717, 1.165) is 19.3 Å². The molecule has 190 valence electrons. The molecule has 4 rings (SSSR count). The van der Waals surface area contributed by atoms with Gasteiger partial charge in [-0.3, -0.25) is 4.79 Å². The van der Waals surface area contributed by atoms with E-state index in [1.165, 1.54) is 12.1 Å². The third-order valence-corrected chi connectivity index (χ3v) is 6.89. The molecule has 1 aliphatic heterocycles. The minimum absolute atomic E-state index is 0.0729. The summed E-state index contributed by atoms with van der Waals surface area (Å²) in [5, 5.41) is 21.0. The molecule has 2 aliphatic rings. The molecule has 1 aromatic heterocycles. The van der Waals surface area contributed by atoms with Gasteiger partial charge in [-0.25, -0.2) is 9.18 Å². The van der Waals surface area contributed by atoms with Gasteiger partial charge in [0.15, 0.2) is 0 Å². The summed E-state index contributed by atoms with van der Waals surface area (Å²) in [6, 6.07) is 2.66. The van der Waals surface area contributed by atoms with Crippen molar-refractivity contribution in [3.63, 3.8) is 0 Å². The monoisotopic (exact) mass is 486 g/mol. The Morgan fingerprint density at radius 2 is 2.00 bits per heavy atom. The highest BCUT2D eigenvalue weighted by Gasteiger charge is 2.34. The summed E-state index contributed by atoms with van der Waals surface area (Å²) in [4.78, 5) is 27.2. The van der Waals surface area contributed by atoms with Crippen LogP contribution in [-0.2, 0) is 4.74 Å². The van der Waals surface area contributed by atoms with Crippen molar-refractivity contribution in [2.75, 3.05) is 24.6 Å². The number of ether oxygens (including phenoxy) is 1. The van der Waals surface area contributed by atoms with Gasteiger partial charge in [0.2, 0.25) is 0 Å². The molecule has 1 aliphatic carbocycles. The van der Waals surface area contributed by atoms with E-state index in [1.54, 1.807) is 4.57 Å². The summed E-state index contributed by atoms with van der Waals surface area (Å²) >= 11 is 0. The highest BCUT2D eigenvalue weighted by molar-refractivity contribution is 6.10. The van der Waals surface area contributed by atoms with Gasteiger partial charge in [0.05, 0.1) is 23.5 Å². The number of rotatable bonds is 6. The van der Waals surface area contributed by atoms with E-state index in [4.69, 9.17) is 10.1 Å². The number of hydrogen-bond donors (Lipinski definition) is 3. The fourth-order valence-electron chi connectivity index (χ4n) is 5.08. The number of aryl methyl sites for hydroxylation is 1. The first-order chi connectivity index (χ1) is 16.4. The van der Waals surface area contributed by atoms with Gasteiger partial charge in [-0.2, -0.15) is 0 Å². The second kappa shape index (κ2) is 9.26. The maximum absolute atomic E-state index is 15.6. The molecule has 1 saturated heterocycles. The number of hydrogen-bond acceptors (Lipinski definition) is 6. The summed E-state index contributed by atoms with van der Waals surface area (Å²) in [5.41, 5.74) is 1.09. The normalized spacial score (nSPS) is 19.2. The minimum atomic E-state index is -0.584. The Hall–Kier alpha value is -2.94. The van der Waals surface area contributed by atoms with Gasteiger partial charge in [-0.1, -0.05) is 0 Å². The molecule has 3 N–H and O–H groups in total. The van der Waals surface area contributed by atoms with E-state index in [2.05, 4.69) is 5.32 Å². The standard InChI is InChI=1S/C26H35FN4O4/c1-14-23-19(18(21(28)13-32)11-22(33)31(23)17-6-7-17)10-20(27)24(14)30-9-8-16(12-30)15(2)29-25(34)35-26(3,4)5/h10-11,15-17,28,32H,6-9,12-13H2,1-5H3,(H,29,34)/t15-,16+/m0/s1. The number of carbonyl (C=O) groups is 1. The number of aliphatic hydroxyl groups excluding tert-OH is 1. The highest BCUT2D eigenvalue weighted by Crippen LogP contribution is 2.41. The summed E-state index contributed by atoms with van der Waals surface area (Å²) in [6.45, 7) is 9.84. The summed E-state index contributed by atoms with van der Waals surface area (Å²) in [7, 11) is 0. The van der Waals surface area contributed by atoms with Crippen LogP contribution < -0.4 is 15.8 Å². The summed E-state index contributed by atoms with van der Waals surface area (Å²) < 4.78 is 22.7.